The Hall–Kier alpha value is -4.10. The summed E-state index contributed by atoms with van der Waals surface area (Å²) in [6.45, 7) is -1.83. The second kappa shape index (κ2) is 17.8. The van der Waals surface area contributed by atoms with Crippen molar-refractivity contribution in [1.82, 2.24) is 10.2 Å². The van der Waals surface area contributed by atoms with E-state index in [2.05, 4.69) is 0 Å². The summed E-state index contributed by atoms with van der Waals surface area (Å²) < 4.78 is 130. The Morgan fingerprint density at radius 3 is 2.13 bits per heavy atom. The minimum Gasteiger partial charge on any atom is -0.497 e. The van der Waals surface area contributed by atoms with Crippen molar-refractivity contribution in [3.8, 4) is 5.75 Å². The highest BCUT2D eigenvalue weighted by Gasteiger charge is 2.53. The number of rotatable bonds is 18. The average molecular weight is 831 g/mol. The van der Waals surface area contributed by atoms with Gasteiger partial charge in [0.2, 0.25) is 17.5 Å². The zero-order chi connectivity index (χ0) is 41.7. The molecular formula is C35H38ClF7N2O9S. The number of nitrogens with one attached hydrogen (secondary N) is 1. The van der Waals surface area contributed by atoms with Gasteiger partial charge in [-0.15, -0.1) is 0 Å². The quantitative estimate of drug-likeness (QED) is 0.160. The second-order valence-corrected chi connectivity index (χ2v) is 16.1. The molecule has 0 spiro atoms. The van der Waals surface area contributed by atoms with Crippen LogP contribution in [0.1, 0.15) is 44.2 Å². The molecule has 0 aliphatic carbocycles. The van der Waals surface area contributed by atoms with Crippen LogP contribution in [-0.4, -0.2) is 97.8 Å². The predicted molar refractivity (Wildman–Crippen MR) is 182 cm³/mol. The van der Waals surface area contributed by atoms with Crippen LogP contribution < -0.4 is 10.1 Å². The van der Waals surface area contributed by atoms with Gasteiger partial charge in [0.15, 0.2) is 15.6 Å². The maximum atomic E-state index is 15.2. The van der Waals surface area contributed by atoms with Crippen LogP contribution in [0.3, 0.4) is 0 Å². The molecule has 2 aromatic rings. The molecule has 0 bridgehead atoms. The average Bonchev–Trinajstić information content (AvgIpc) is 3.57. The minimum atomic E-state index is -5.10. The van der Waals surface area contributed by atoms with Crippen LogP contribution in [0.25, 0.3) is 0 Å². The molecule has 0 unspecified atom stereocenters. The van der Waals surface area contributed by atoms with Crippen LogP contribution in [0.15, 0.2) is 48.5 Å². The highest BCUT2D eigenvalue weighted by atomic mass is 35.5. The van der Waals surface area contributed by atoms with Crippen LogP contribution in [0.4, 0.5) is 30.7 Å². The summed E-state index contributed by atoms with van der Waals surface area (Å²) in [5, 5.41) is 9.32. The summed E-state index contributed by atoms with van der Waals surface area (Å²) in [5.41, 5.74) is -0.576. The van der Waals surface area contributed by atoms with Crippen molar-refractivity contribution in [3.05, 3.63) is 64.7 Å². The third-order valence-corrected chi connectivity index (χ3v) is 11.4. The largest absolute Gasteiger partial charge is 0.497 e. The number of alkyl halides is 7. The number of methoxy groups -OCH3 is 1. The van der Waals surface area contributed by atoms with Gasteiger partial charge in [-0.25, -0.2) is 8.42 Å². The highest BCUT2D eigenvalue weighted by molar-refractivity contribution is 7.91. The van der Waals surface area contributed by atoms with Gasteiger partial charge in [0.25, 0.3) is 5.91 Å². The van der Waals surface area contributed by atoms with Gasteiger partial charge < -0.3 is 20.1 Å². The third-order valence-electron chi connectivity index (χ3n) is 9.10. The topological polar surface area (TPSA) is 164 Å². The molecule has 1 fully saturated rings. The first-order valence-electron chi connectivity index (χ1n) is 16.6. The van der Waals surface area contributed by atoms with Crippen LogP contribution in [0.2, 0.25) is 5.02 Å². The summed E-state index contributed by atoms with van der Waals surface area (Å²) in [6, 6.07) is 8.04. The predicted octanol–water partition coefficient (Wildman–Crippen LogP) is 4.71. The van der Waals surface area contributed by atoms with E-state index in [0.29, 0.717) is 10.6 Å². The molecule has 2 aromatic carbocycles. The maximum absolute atomic E-state index is 15.2. The monoisotopic (exact) mass is 830 g/mol. The lowest BCUT2D eigenvalue weighted by Crippen LogP contribution is -2.52. The molecule has 304 valence electrons. The van der Waals surface area contributed by atoms with Crippen molar-refractivity contribution < 1.29 is 73.0 Å². The van der Waals surface area contributed by atoms with Gasteiger partial charge in [0.05, 0.1) is 36.7 Å². The Bertz CT molecular complexity index is 1860. The molecule has 11 nitrogen and oxygen atoms in total. The highest BCUT2D eigenvalue weighted by Crippen LogP contribution is 2.36. The zero-order valence-electron chi connectivity index (χ0n) is 29.5. The van der Waals surface area contributed by atoms with E-state index in [9.17, 15) is 59.4 Å². The van der Waals surface area contributed by atoms with Crippen molar-refractivity contribution in [2.45, 2.75) is 68.2 Å². The minimum absolute atomic E-state index is 0.141. The van der Waals surface area contributed by atoms with E-state index in [-0.39, 0.29) is 10.6 Å². The normalized spacial score (nSPS) is 17.8. The molecule has 0 aromatic heterocycles. The number of aliphatic hydroxyl groups excluding tert-OH is 1. The van der Waals surface area contributed by atoms with E-state index in [1.165, 1.54) is 51.3 Å². The van der Waals surface area contributed by atoms with Crippen LogP contribution in [0, 0.1) is 17.8 Å². The maximum Gasteiger partial charge on any atom is 0.405 e. The number of Topliss-reactive ketones (excluding diaryl/α,β-unsaturated/α-hetero) is 3. The molecule has 2 N–H and O–H groups in total. The number of hydrogen-bond acceptors (Lipinski definition) is 9. The number of nitrogens with zero attached hydrogens (tertiary/aromatic N) is 1. The summed E-state index contributed by atoms with van der Waals surface area (Å²) in [7, 11) is -2.90. The van der Waals surface area contributed by atoms with Gasteiger partial charge in [-0.3, -0.25) is 24.0 Å². The molecule has 1 saturated heterocycles. The van der Waals surface area contributed by atoms with Gasteiger partial charge in [-0.05, 0) is 42.2 Å². The number of ether oxygens (including phenoxy) is 1. The van der Waals surface area contributed by atoms with Gasteiger partial charge in [-0.2, -0.15) is 30.7 Å². The molecule has 2 amide bonds. The Balaban J connectivity index is 1.96. The number of aliphatic hydroxyl groups is 1. The lowest BCUT2D eigenvalue weighted by molar-refractivity contribution is -0.167. The smallest absolute Gasteiger partial charge is 0.405 e. The van der Waals surface area contributed by atoms with Crippen LogP contribution in [0.5, 0.6) is 5.75 Å². The Labute approximate surface area is 316 Å². The van der Waals surface area contributed by atoms with Crippen molar-refractivity contribution in [2.24, 2.45) is 17.8 Å². The molecule has 55 heavy (non-hydrogen) atoms. The molecule has 1 aliphatic rings. The summed E-state index contributed by atoms with van der Waals surface area (Å²) in [5.74, 6) is -23.8. The number of sulfone groups is 1. The summed E-state index contributed by atoms with van der Waals surface area (Å²) >= 11 is 5.78. The number of carbonyl (C=O) groups is 5. The lowest BCUT2D eigenvalue weighted by Gasteiger charge is -2.30. The van der Waals surface area contributed by atoms with E-state index in [1.807, 2.05) is 0 Å². The fourth-order valence-corrected chi connectivity index (χ4v) is 7.91. The number of carbonyl (C=O) groups excluding carboxylic acids is 5. The lowest BCUT2D eigenvalue weighted by atomic mass is 9.82. The third kappa shape index (κ3) is 11.2. The first kappa shape index (κ1) is 45.3. The van der Waals surface area contributed by atoms with E-state index >= 15 is 8.78 Å². The second-order valence-electron chi connectivity index (χ2n) is 13.4. The van der Waals surface area contributed by atoms with Crippen molar-refractivity contribution in [3.63, 3.8) is 0 Å². The Kier molecular flexibility index (Phi) is 14.6. The van der Waals surface area contributed by atoms with Crippen molar-refractivity contribution >= 4 is 50.6 Å². The molecule has 4 atom stereocenters. The van der Waals surface area contributed by atoms with E-state index in [1.54, 1.807) is 0 Å². The SMILES string of the molecule is COc1ccc(CS(=O)(=O)[C@@H]2C[C@@H](C(=O)C[C@H](C(=O)C(F)(F)C(=O)NCC(F)(F)F)C(C)C)N(C(=O)[C@H](CO)CC(=O)C(F)(F)c3cccc(Cl)c3)C2)cc1. The number of likely N-dealkylation sites (tertiary alicyclic amines) is 1. The fourth-order valence-electron chi connectivity index (χ4n) is 5.96. The van der Waals surface area contributed by atoms with Crippen LogP contribution in [-0.2, 0) is 45.5 Å². The standard InChI is InChI=1S/C35H38ClF7N2O9S/c1-19(2)26(30(49)35(42,43)32(51)44-18-33(37,38)39)14-28(47)27-13-25(55(52,53)17-20-7-9-24(54-3)10-8-20)15-45(27)31(50)21(16-46)11-29(48)34(40,41)22-5-4-6-23(36)12-22/h4-10,12,19,21,25-27,46H,11,13-18H2,1-3H3,(H,44,51)/t21-,25+,26-,27-/m0/s1. The van der Waals surface area contributed by atoms with Crippen molar-refractivity contribution in [2.75, 3.05) is 26.8 Å². The van der Waals surface area contributed by atoms with E-state index in [4.69, 9.17) is 16.3 Å². The van der Waals surface area contributed by atoms with Gasteiger partial charge >= 0.3 is 18.0 Å². The molecule has 0 saturated carbocycles. The number of ketones is 3. The number of benzene rings is 2. The Morgan fingerprint density at radius 1 is 0.982 bits per heavy atom. The summed E-state index contributed by atoms with van der Waals surface area (Å²) in [4.78, 5) is 66.1. The first-order valence-corrected chi connectivity index (χ1v) is 18.7. The summed E-state index contributed by atoms with van der Waals surface area (Å²) in [6.07, 6.45) is -8.25. The zero-order valence-corrected chi connectivity index (χ0v) is 31.1. The molecule has 1 aliphatic heterocycles. The molecular weight excluding hydrogens is 793 g/mol. The molecule has 3 rings (SSSR count). The number of halogens is 8. The number of hydrogen-bond donors (Lipinski definition) is 2. The molecule has 0 radical (unpaired) electrons. The van der Waals surface area contributed by atoms with Gasteiger partial charge in [0, 0.05) is 35.9 Å². The fraction of sp³-hybridized carbons (Fsp3) is 0.514. The molecule has 1 heterocycles. The number of amides is 2. The van der Waals surface area contributed by atoms with E-state index in [0.717, 1.165) is 23.5 Å². The first-order chi connectivity index (χ1) is 25.3. The van der Waals surface area contributed by atoms with Gasteiger partial charge in [-0.1, -0.05) is 49.7 Å². The molecule has 20 heteroatoms. The van der Waals surface area contributed by atoms with Crippen LogP contribution >= 0.6 is 11.6 Å². The van der Waals surface area contributed by atoms with Crippen molar-refractivity contribution in [1.29, 1.82) is 0 Å². The van der Waals surface area contributed by atoms with E-state index < -0.39 is 136 Å². The van der Waals surface area contributed by atoms with Gasteiger partial charge in [0.1, 0.15) is 12.3 Å². The Morgan fingerprint density at radius 2 is 1.60 bits per heavy atom.